The Hall–Kier alpha value is -2.04. The van der Waals surface area contributed by atoms with Crippen LogP contribution in [-0.2, 0) is 0 Å². The van der Waals surface area contributed by atoms with E-state index in [0.29, 0.717) is 11.5 Å². The molecule has 1 atom stereocenters. The van der Waals surface area contributed by atoms with Gasteiger partial charge in [0.25, 0.3) is 0 Å². The molecular formula is C15H17FN2O2. The van der Waals surface area contributed by atoms with Gasteiger partial charge in [-0.2, -0.15) is 4.98 Å². The Balaban J connectivity index is 2.55. The highest BCUT2D eigenvalue weighted by Gasteiger charge is 2.25. The summed E-state index contributed by atoms with van der Waals surface area (Å²) in [4.78, 5) is 16.5. The van der Waals surface area contributed by atoms with Crippen molar-refractivity contribution in [3.63, 3.8) is 0 Å². The van der Waals surface area contributed by atoms with Gasteiger partial charge in [-0.25, -0.2) is 4.39 Å². The minimum absolute atomic E-state index is 0.111. The van der Waals surface area contributed by atoms with Crippen molar-refractivity contribution in [2.75, 3.05) is 0 Å². The molecule has 0 radical (unpaired) electrons. The van der Waals surface area contributed by atoms with Crippen LogP contribution < -0.4 is 0 Å². The van der Waals surface area contributed by atoms with E-state index in [1.807, 2.05) is 20.8 Å². The van der Waals surface area contributed by atoms with Crippen molar-refractivity contribution in [2.24, 2.45) is 11.8 Å². The number of aryl methyl sites for hydroxylation is 1. The average molecular weight is 276 g/mol. The van der Waals surface area contributed by atoms with Gasteiger partial charge < -0.3 is 4.52 Å². The van der Waals surface area contributed by atoms with Crippen molar-refractivity contribution in [3.8, 4) is 11.4 Å². The summed E-state index contributed by atoms with van der Waals surface area (Å²) in [5, 5.41) is 3.72. The molecule has 1 aromatic carbocycles. The fraction of sp³-hybridized carbons (Fsp3) is 0.400. The Bertz CT molecular complexity index is 635. The number of carbonyl (C=O) groups is 1. The predicted octanol–water partition coefficient (Wildman–Crippen LogP) is 3.66. The molecule has 20 heavy (non-hydrogen) atoms. The monoisotopic (exact) mass is 276 g/mol. The number of halogens is 1. The summed E-state index contributed by atoms with van der Waals surface area (Å²) >= 11 is 0. The van der Waals surface area contributed by atoms with Crippen LogP contribution in [0, 0.1) is 24.6 Å². The number of benzene rings is 1. The minimum atomic E-state index is -0.521. The van der Waals surface area contributed by atoms with E-state index in [9.17, 15) is 9.18 Å². The van der Waals surface area contributed by atoms with Crippen LogP contribution in [0.1, 0.15) is 37.0 Å². The third kappa shape index (κ3) is 2.61. The zero-order valence-corrected chi connectivity index (χ0v) is 12.0. The van der Waals surface area contributed by atoms with Gasteiger partial charge in [0.2, 0.25) is 11.7 Å². The Labute approximate surface area is 117 Å². The summed E-state index contributed by atoms with van der Waals surface area (Å²) in [5.74, 6) is -0.225. The van der Waals surface area contributed by atoms with Crippen LogP contribution in [0.4, 0.5) is 4.39 Å². The summed E-state index contributed by atoms with van der Waals surface area (Å²) in [6.45, 7) is 7.37. The summed E-state index contributed by atoms with van der Waals surface area (Å²) < 4.78 is 19.0. The first-order valence-electron chi connectivity index (χ1n) is 6.55. The Morgan fingerprint density at radius 3 is 2.55 bits per heavy atom. The lowest BCUT2D eigenvalue weighted by molar-refractivity contribution is 0.0900. The zero-order chi connectivity index (χ0) is 14.9. The highest BCUT2D eigenvalue weighted by Crippen LogP contribution is 2.28. The van der Waals surface area contributed by atoms with Gasteiger partial charge >= 0.3 is 0 Å². The summed E-state index contributed by atoms with van der Waals surface area (Å²) in [6.07, 6.45) is 0. The standard InChI is InChI=1S/C15H17FN2O2/c1-8(2)9(3)14(19)11-6-5-7-12(16)13(11)15-17-10(4)20-18-15/h5-9H,1-4H3. The molecule has 0 aliphatic heterocycles. The maximum absolute atomic E-state index is 14.1. The maximum atomic E-state index is 14.1. The molecule has 0 spiro atoms. The number of hydrogen-bond donors (Lipinski definition) is 0. The largest absolute Gasteiger partial charge is 0.339 e. The molecule has 0 saturated carbocycles. The summed E-state index contributed by atoms with van der Waals surface area (Å²) in [6, 6.07) is 4.41. The normalized spacial score (nSPS) is 12.7. The fourth-order valence-corrected chi connectivity index (χ4v) is 1.91. The van der Waals surface area contributed by atoms with E-state index in [1.165, 1.54) is 12.1 Å². The number of aromatic nitrogens is 2. The van der Waals surface area contributed by atoms with Gasteiger partial charge in [-0.15, -0.1) is 0 Å². The van der Waals surface area contributed by atoms with Crippen LogP contribution in [0.25, 0.3) is 11.4 Å². The van der Waals surface area contributed by atoms with E-state index in [2.05, 4.69) is 10.1 Å². The van der Waals surface area contributed by atoms with Crippen molar-refractivity contribution >= 4 is 5.78 Å². The molecule has 0 amide bonds. The third-order valence-electron chi connectivity index (χ3n) is 3.44. The number of rotatable bonds is 4. The van der Waals surface area contributed by atoms with Gasteiger partial charge in [-0.3, -0.25) is 4.79 Å². The quantitative estimate of drug-likeness (QED) is 0.800. The lowest BCUT2D eigenvalue weighted by atomic mass is 9.87. The van der Waals surface area contributed by atoms with Crippen LogP contribution >= 0.6 is 0 Å². The molecule has 0 aliphatic rings. The molecule has 5 heteroatoms. The van der Waals surface area contributed by atoms with Crippen LogP contribution in [0.3, 0.4) is 0 Å². The van der Waals surface area contributed by atoms with Crippen molar-refractivity contribution < 1.29 is 13.7 Å². The minimum Gasteiger partial charge on any atom is -0.339 e. The molecule has 1 unspecified atom stereocenters. The molecule has 0 saturated heterocycles. The molecule has 2 aromatic rings. The molecule has 1 heterocycles. The van der Waals surface area contributed by atoms with E-state index in [4.69, 9.17) is 4.52 Å². The van der Waals surface area contributed by atoms with Crippen molar-refractivity contribution in [1.82, 2.24) is 10.1 Å². The molecule has 0 bridgehead atoms. The molecule has 0 N–H and O–H groups in total. The van der Waals surface area contributed by atoms with Crippen LogP contribution in [0.5, 0.6) is 0 Å². The van der Waals surface area contributed by atoms with Crippen molar-refractivity contribution in [2.45, 2.75) is 27.7 Å². The highest BCUT2D eigenvalue weighted by atomic mass is 19.1. The van der Waals surface area contributed by atoms with Crippen LogP contribution in [-0.4, -0.2) is 15.9 Å². The number of hydrogen-bond acceptors (Lipinski definition) is 4. The SMILES string of the molecule is Cc1nc(-c2c(F)cccc2C(=O)C(C)C(C)C)no1. The van der Waals surface area contributed by atoms with Gasteiger partial charge in [0.1, 0.15) is 5.82 Å². The van der Waals surface area contributed by atoms with E-state index in [1.54, 1.807) is 13.0 Å². The molecule has 2 rings (SSSR count). The lowest BCUT2D eigenvalue weighted by Gasteiger charge is -2.16. The zero-order valence-electron chi connectivity index (χ0n) is 12.0. The van der Waals surface area contributed by atoms with E-state index >= 15 is 0 Å². The molecule has 0 aliphatic carbocycles. The third-order valence-corrected chi connectivity index (χ3v) is 3.44. The first kappa shape index (κ1) is 14.4. The van der Waals surface area contributed by atoms with Crippen LogP contribution in [0.15, 0.2) is 22.7 Å². The average Bonchev–Trinajstić information content (AvgIpc) is 2.82. The molecule has 106 valence electrons. The lowest BCUT2D eigenvalue weighted by Crippen LogP contribution is -2.18. The first-order valence-corrected chi connectivity index (χ1v) is 6.55. The summed E-state index contributed by atoms with van der Waals surface area (Å²) in [5.41, 5.74) is 0.411. The van der Waals surface area contributed by atoms with E-state index in [0.717, 1.165) is 0 Å². The Morgan fingerprint density at radius 2 is 2.00 bits per heavy atom. The highest BCUT2D eigenvalue weighted by molar-refractivity contribution is 6.03. The van der Waals surface area contributed by atoms with E-state index in [-0.39, 0.29) is 29.0 Å². The second kappa shape index (κ2) is 5.53. The van der Waals surface area contributed by atoms with Crippen LogP contribution in [0.2, 0.25) is 0 Å². The van der Waals surface area contributed by atoms with Gasteiger partial charge in [0.15, 0.2) is 5.78 Å². The van der Waals surface area contributed by atoms with E-state index < -0.39 is 5.82 Å². The molecular weight excluding hydrogens is 259 g/mol. The second-order valence-electron chi connectivity index (χ2n) is 5.20. The smallest absolute Gasteiger partial charge is 0.223 e. The molecule has 1 aromatic heterocycles. The summed E-state index contributed by atoms with van der Waals surface area (Å²) in [7, 11) is 0. The number of carbonyl (C=O) groups excluding carboxylic acids is 1. The van der Waals surface area contributed by atoms with Gasteiger partial charge in [-0.1, -0.05) is 38.1 Å². The number of nitrogens with zero attached hydrogens (tertiary/aromatic N) is 2. The molecule has 0 fully saturated rings. The van der Waals surface area contributed by atoms with Gasteiger partial charge in [0, 0.05) is 18.4 Å². The fourth-order valence-electron chi connectivity index (χ4n) is 1.91. The molecule has 4 nitrogen and oxygen atoms in total. The Kier molecular flexibility index (Phi) is 3.97. The maximum Gasteiger partial charge on any atom is 0.223 e. The number of ketones is 1. The predicted molar refractivity (Wildman–Crippen MR) is 72.8 cm³/mol. The Morgan fingerprint density at radius 1 is 1.30 bits per heavy atom. The topological polar surface area (TPSA) is 56.0 Å². The van der Waals surface area contributed by atoms with Gasteiger partial charge in [-0.05, 0) is 12.0 Å². The second-order valence-corrected chi connectivity index (χ2v) is 5.20. The number of Topliss-reactive ketones (excluding diaryl/α,β-unsaturated/α-hetero) is 1. The van der Waals surface area contributed by atoms with Crippen molar-refractivity contribution in [1.29, 1.82) is 0 Å². The van der Waals surface area contributed by atoms with Crippen molar-refractivity contribution in [3.05, 3.63) is 35.5 Å². The van der Waals surface area contributed by atoms with Gasteiger partial charge in [0.05, 0.1) is 5.56 Å². The first-order chi connectivity index (χ1) is 9.41.